The van der Waals surface area contributed by atoms with Crippen molar-refractivity contribution in [1.29, 1.82) is 0 Å². The fourth-order valence-corrected chi connectivity index (χ4v) is 5.00. The van der Waals surface area contributed by atoms with E-state index in [1.54, 1.807) is 18.2 Å². The minimum atomic E-state index is -0.300. The zero-order valence-corrected chi connectivity index (χ0v) is 17.4. The molecule has 2 aliphatic rings. The summed E-state index contributed by atoms with van der Waals surface area (Å²) in [5.74, 6) is 0.157. The number of aromatic nitrogens is 4. The highest BCUT2D eigenvalue weighted by Crippen LogP contribution is 2.30. The number of carbonyl (C=O) groups excluding carboxylic acids is 1. The highest BCUT2D eigenvalue weighted by molar-refractivity contribution is 7.03. The molecule has 1 N–H and O–H groups in total. The quantitative estimate of drug-likeness (QED) is 0.694. The Labute approximate surface area is 178 Å². The molecule has 156 valence electrons. The molecule has 1 amide bonds. The van der Waals surface area contributed by atoms with Crippen LogP contribution in [0.4, 0.5) is 4.39 Å². The van der Waals surface area contributed by atoms with Gasteiger partial charge in [-0.15, -0.1) is 5.10 Å². The molecule has 4 heterocycles. The summed E-state index contributed by atoms with van der Waals surface area (Å²) in [7, 11) is 0. The highest BCUT2D eigenvalue weighted by atomic mass is 32.1. The molecular weight excluding hydrogens is 403 g/mol. The van der Waals surface area contributed by atoms with Crippen molar-refractivity contribution in [3.63, 3.8) is 0 Å². The Hall–Kier alpha value is -2.65. The number of H-pyrrole nitrogens is 1. The van der Waals surface area contributed by atoms with E-state index in [2.05, 4.69) is 24.7 Å². The first-order valence-corrected chi connectivity index (χ1v) is 11.1. The molecule has 2 aromatic heterocycles. The number of carbonyl (C=O) groups is 1. The second-order valence-electron chi connectivity index (χ2n) is 7.98. The van der Waals surface area contributed by atoms with Gasteiger partial charge in [-0.05, 0) is 43.1 Å². The van der Waals surface area contributed by atoms with Crippen LogP contribution in [0.1, 0.15) is 35.7 Å². The molecule has 1 fully saturated rings. The first-order chi connectivity index (χ1) is 14.7. The highest BCUT2D eigenvalue weighted by Gasteiger charge is 2.29. The van der Waals surface area contributed by atoms with Crippen molar-refractivity contribution >= 4 is 17.4 Å². The van der Waals surface area contributed by atoms with Gasteiger partial charge in [0.15, 0.2) is 0 Å². The van der Waals surface area contributed by atoms with E-state index in [1.807, 2.05) is 10.3 Å². The zero-order chi connectivity index (χ0) is 20.5. The Kier molecular flexibility index (Phi) is 5.30. The number of piperidine rings is 1. The van der Waals surface area contributed by atoms with E-state index >= 15 is 0 Å². The van der Waals surface area contributed by atoms with Crippen molar-refractivity contribution in [3.05, 3.63) is 52.4 Å². The van der Waals surface area contributed by atoms with E-state index in [1.165, 1.54) is 17.6 Å². The minimum Gasteiger partial charge on any atom is -0.337 e. The molecule has 5 rings (SSSR count). The lowest BCUT2D eigenvalue weighted by Gasteiger charge is -2.34. The van der Waals surface area contributed by atoms with E-state index < -0.39 is 0 Å². The van der Waals surface area contributed by atoms with Crippen LogP contribution in [0.3, 0.4) is 0 Å². The second-order valence-corrected chi connectivity index (χ2v) is 8.59. The Morgan fingerprint density at radius 1 is 1.30 bits per heavy atom. The van der Waals surface area contributed by atoms with Gasteiger partial charge >= 0.3 is 0 Å². The molecule has 0 radical (unpaired) electrons. The molecular formula is C21H23FN6OS. The van der Waals surface area contributed by atoms with Crippen molar-refractivity contribution in [2.24, 2.45) is 0 Å². The van der Waals surface area contributed by atoms with Gasteiger partial charge < -0.3 is 4.90 Å². The van der Waals surface area contributed by atoms with E-state index in [0.29, 0.717) is 43.2 Å². The van der Waals surface area contributed by atoms with Gasteiger partial charge in [0.25, 0.3) is 0 Å². The van der Waals surface area contributed by atoms with Crippen molar-refractivity contribution in [3.8, 4) is 11.3 Å². The second kappa shape index (κ2) is 8.23. The standard InChI is InChI=1S/C21H23FN6OS/c22-17-6-2-1-5-15(17)21-16-11-28(9-7-18(16)23-25-21)20(29)12-27-8-3-4-14(10-27)19-13-30-26-24-19/h1-2,5-6,13-14H,3-4,7-12H2,(H,23,25)/t14-/m1/s1. The molecule has 1 saturated heterocycles. The molecule has 0 unspecified atom stereocenters. The lowest BCUT2D eigenvalue weighted by Crippen LogP contribution is -2.45. The predicted molar refractivity (Wildman–Crippen MR) is 111 cm³/mol. The van der Waals surface area contributed by atoms with Crippen LogP contribution < -0.4 is 0 Å². The molecule has 30 heavy (non-hydrogen) atoms. The van der Waals surface area contributed by atoms with Gasteiger partial charge in [0.1, 0.15) is 11.5 Å². The van der Waals surface area contributed by atoms with Crippen molar-refractivity contribution in [1.82, 2.24) is 29.6 Å². The fourth-order valence-electron chi connectivity index (χ4n) is 4.47. The Balaban J connectivity index is 1.28. The normalized spacial score (nSPS) is 19.6. The van der Waals surface area contributed by atoms with E-state index in [4.69, 9.17) is 0 Å². The van der Waals surface area contributed by atoms with E-state index in [9.17, 15) is 9.18 Å². The van der Waals surface area contributed by atoms with Crippen LogP contribution in [0.5, 0.6) is 0 Å². The molecule has 3 aromatic rings. The number of fused-ring (bicyclic) bond motifs is 1. The van der Waals surface area contributed by atoms with Crippen molar-refractivity contribution < 1.29 is 9.18 Å². The number of hydrogen-bond donors (Lipinski definition) is 1. The van der Waals surface area contributed by atoms with Crippen LogP contribution in [0, 0.1) is 5.82 Å². The van der Waals surface area contributed by atoms with Crippen LogP contribution in [-0.4, -0.2) is 61.7 Å². The Bertz CT molecular complexity index is 1040. The molecule has 0 aliphatic carbocycles. The summed E-state index contributed by atoms with van der Waals surface area (Å²) in [6.07, 6.45) is 2.85. The largest absolute Gasteiger partial charge is 0.337 e. The van der Waals surface area contributed by atoms with Crippen LogP contribution in [0.2, 0.25) is 0 Å². The fraction of sp³-hybridized carbons (Fsp3) is 0.429. The third-order valence-electron chi connectivity index (χ3n) is 6.07. The van der Waals surface area contributed by atoms with E-state index in [0.717, 1.165) is 42.9 Å². The van der Waals surface area contributed by atoms with Crippen LogP contribution >= 0.6 is 11.5 Å². The van der Waals surface area contributed by atoms with Crippen LogP contribution in [-0.2, 0) is 17.8 Å². The molecule has 7 nitrogen and oxygen atoms in total. The molecule has 0 spiro atoms. The zero-order valence-electron chi connectivity index (χ0n) is 16.6. The number of likely N-dealkylation sites (tertiary alicyclic amines) is 1. The third-order valence-corrected chi connectivity index (χ3v) is 6.60. The summed E-state index contributed by atoms with van der Waals surface area (Å²) >= 11 is 1.38. The molecule has 1 atom stereocenters. The lowest BCUT2D eigenvalue weighted by atomic mass is 9.95. The summed E-state index contributed by atoms with van der Waals surface area (Å²) in [5, 5.41) is 13.6. The lowest BCUT2D eigenvalue weighted by molar-refractivity contribution is -0.133. The van der Waals surface area contributed by atoms with Gasteiger partial charge in [-0.25, -0.2) is 4.39 Å². The first kappa shape index (κ1) is 19.3. The van der Waals surface area contributed by atoms with Crippen molar-refractivity contribution in [2.45, 2.75) is 31.7 Å². The van der Waals surface area contributed by atoms with Gasteiger partial charge in [0.05, 0.1) is 12.2 Å². The molecule has 1 aromatic carbocycles. The monoisotopic (exact) mass is 426 g/mol. The summed E-state index contributed by atoms with van der Waals surface area (Å²) in [6.45, 7) is 3.27. The molecule has 0 bridgehead atoms. The number of benzene rings is 1. The SMILES string of the molecule is O=C(CN1CCC[C@@H](c2csnn2)C1)N1CCc2[nH]nc(-c3ccccc3F)c2C1. The van der Waals surface area contributed by atoms with Gasteiger partial charge in [-0.1, -0.05) is 16.6 Å². The number of nitrogens with one attached hydrogen (secondary N) is 1. The maximum atomic E-state index is 14.3. The number of nitrogens with zero attached hydrogens (tertiary/aromatic N) is 5. The smallest absolute Gasteiger partial charge is 0.237 e. The molecule has 9 heteroatoms. The van der Waals surface area contributed by atoms with Crippen LogP contribution in [0.25, 0.3) is 11.3 Å². The summed E-state index contributed by atoms with van der Waals surface area (Å²) in [4.78, 5) is 17.2. The number of amides is 1. The summed E-state index contributed by atoms with van der Waals surface area (Å²) in [6, 6.07) is 6.64. The number of hydrogen-bond acceptors (Lipinski definition) is 6. The topological polar surface area (TPSA) is 78.0 Å². The minimum absolute atomic E-state index is 0.110. The molecule has 0 saturated carbocycles. The number of aromatic amines is 1. The van der Waals surface area contributed by atoms with E-state index in [-0.39, 0.29) is 11.7 Å². The third kappa shape index (κ3) is 3.75. The Morgan fingerprint density at radius 2 is 2.20 bits per heavy atom. The van der Waals surface area contributed by atoms with Gasteiger partial charge in [0, 0.05) is 54.2 Å². The number of rotatable bonds is 4. The number of halogens is 1. The predicted octanol–water partition coefficient (Wildman–Crippen LogP) is 2.83. The average Bonchev–Trinajstić information content (AvgIpc) is 3.44. The van der Waals surface area contributed by atoms with Gasteiger partial charge in [0.2, 0.25) is 5.91 Å². The van der Waals surface area contributed by atoms with Gasteiger partial charge in [-0.3, -0.25) is 14.8 Å². The van der Waals surface area contributed by atoms with Crippen LogP contribution in [0.15, 0.2) is 29.6 Å². The average molecular weight is 427 g/mol. The van der Waals surface area contributed by atoms with Crippen molar-refractivity contribution in [2.75, 3.05) is 26.2 Å². The summed E-state index contributed by atoms with van der Waals surface area (Å²) < 4.78 is 18.3. The maximum Gasteiger partial charge on any atom is 0.237 e. The first-order valence-electron chi connectivity index (χ1n) is 10.3. The maximum absolute atomic E-state index is 14.3. The Morgan fingerprint density at radius 3 is 3.03 bits per heavy atom. The summed E-state index contributed by atoms with van der Waals surface area (Å²) in [5.41, 5.74) is 4.03. The van der Waals surface area contributed by atoms with Gasteiger partial charge in [-0.2, -0.15) is 5.10 Å². The molecule has 2 aliphatic heterocycles.